The van der Waals surface area contributed by atoms with Crippen LogP contribution < -0.4 is 0 Å². The molecule has 0 aliphatic rings. The van der Waals surface area contributed by atoms with Crippen molar-refractivity contribution in [2.75, 3.05) is 0 Å². The number of carbonyl (C=O) groups is 2. The second-order valence-electron chi connectivity index (χ2n) is 14.6. The molecule has 0 radical (unpaired) electrons. The van der Waals surface area contributed by atoms with Crippen LogP contribution in [0.3, 0.4) is 0 Å². The van der Waals surface area contributed by atoms with Crippen molar-refractivity contribution >= 4 is 11.6 Å². The maximum atomic E-state index is 13.1. The highest BCUT2D eigenvalue weighted by Crippen LogP contribution is 2.24. The minimum Gasteiger partial charge on any atom is -0.375 e. The van der Waals surface area contributed by atoms with Gasteiger partial charge in [0.1, 0.15) is 0 Å². The molecule has 0 aromatic heterocycles. The van der Waals surface area contributed by atoms with Crippen molar-refractivity contribution < 1.29 is 14.7 Å². The number of unbranched alkanes of at least 4 members (excludes halogenated alkanes) is 30. The van der Waals surface area contributed by atoms with E-state index < -0.39 is 5.60 Å². The Labute approximate surface area is 283 Å². The number of Topliss-reactive ketones (excluding diaryl/α,β-unsaturated/α-hetero) is 2. The van der Waals surface area contributed by atoms with Gasteiger partial charge < -0.3 is 5.11 Å². The molecule has 0 saturated heterocycles. The van der Waals surface area contributed by atoms with Gasteiger partial charge in [-0.15, -0.1) is 0 Å². The van der Waals surface area contributed by atoms with Gasteiger partial charge in [0.25, 0.3) is 0 Å². The maximum Gasteiger partial charge on any atom is 0.181 e. The normalized spacial score (nSPS) is 11.8. The summed E-state index contributed by atoms with van der Waals surface area (Å²) in [5.41, 5.74) is -1.73. The number of carbonyl (C=O) groups excluding carboxylic acids is 2. The highest BCUT2D eigenvalue weighted by atomic mass is 16.3. The average Bonchev–Trinajstić information content (AvgIpc) is 3.04. The first-order chi connectivity index (χ1) is 22.0. The maximum absolute atomic E-state index is 13.1. The summed E-state index contributed by atoms with van der Waals surface area (Å²) < 4.78 is 0. The second kappa shape index (κ2) is 34.6. The molecule has 0 heterocycles. The molecule has 3 nitrogen and oxygen atoms in total. The molecule has 0 rings (SSSR count). The Morgan fingerprint density at radius 3 is 0.778 bits per heavy atom. The van der Waals surface area contributed by atoms with Gasteiger partial charge >= 0.3 is 0 Å². The molecule has 45 heavy (non-hydrogen) atoms. The summed E-state index contributed by atoms with van der Waals surface area (Å²) in [6.45, 7) is 6.67. The fourth-order valence-corrected chi connectivity index (χ4v) is 6.79. The molecular formula is C42H82O3. The smallest absolute Gasteiger partial charge is 0.181 e. The molecule has 0 unspecified atom stereocenters. The predicted octanol–water partition coefficient (Wildman–Crippen LogP) is 14.0. The Balaban J connectivity index is 3.97. The molecule has 0 aromatic carbocycles. The first-order valence-corrected chi connectivity index (χ1v) is 20.8. The van der Waals surface area contributed by atoms with Gasteiger partial charge in [-0.05, 0) is 25.7 Å². The van der Waals surface area contributed by atoms with E-state index in [1.54, 1.807) is 0 Å². The molecule has 0 saturated carbocycles. The van der Waals surface area contributed by atoms with Crippen molar-refractivity contribution in [3.63, 3.8) is 0 Å². The van der Waals surface area contributed by atoms with Gasteiger partial charge in [0.05, 0.1) is 0 Å². The highest BCUT2D eigenvalue weighted by Gasteiger charge is 2.41. The first kappa shape index (κ1) is 44.3. The largest absolute Gasteiger partial charge is 0.375 e. The Bertz CT molecular complexity index is 581. The van der Waals surface area contributed by atoms with E-state index in [1.807, 2.05) is 0 Å². The van der Waals surface area contributed by atoms with Crippen molar-refractivity contribution in [2.24, 2.45) is 0 Å². The Morgan fingerprint density at radius 1 is 0.333 bits per heavy atom. The molecule has 0 spiro atoms. The number of rotatable bonds is 38. The monoisotopic (exact) mass is 635 g/mol. The standard InChI is InChI=1S/C42H82O3/c1-4-7-10-12-14-16-18-20-22-24-26-28-30-32-34-37-40(43)42(45,39-36-9-6-3)41(44)38-35-33-31-29-27-25-23-21-19-17-15-13-11-8-5-2/h45H,4-39H2,1-3H3. The van der Waals surface area contributed by atoms with Crippen molar-refractivity contribution in [3.05, 3.63) is 0 Å². The third-order valence-corrected chi connectivity index (χ3v) is 10.1. The van der Waals surface area contributed by atoms with Gasteiger partial charge in [0.15, 0.2) is 17.2 Å². The molecule has 0 aliphatic heterocycles. The van der Waals surface area contributed by atoms with E-state index in [0.717, 1.165) is 57.8 Å². The fraction of sp³-hybridized carbons (Fsp3) is 0.952. The summed E-state index contributed by atoms with van der Waals surface area (Å²) in [6, 6.07) is 0. The molecule has 3 heteroatoms. The lowest BCUT2D eigenvalue weighted by molar-refractivity contribution is -0.152. The molecule has 0 fully saturated rings. The number of aliphatic hydroxyl groups is 1. The van der Waals surface area contributed by atoms with Crippen LogP contribution in [0.15, 0.2) is 0 Å². The third kappa shape index (κ3) is 28.1. The fourth-order valence-electron chi connectivity index (χ4n) is 6.79. The summed E-state index contributed by atoms with van der Waals surface area (Å²) in [7, 11) is 0. The van der Waals surface area contributed by atoms with E-state index in [0.29, 0.717) is 19.3 Å². The molecule has 0 aliphatic carbocycles. The zero-order chi connectivity index (χ0) is 33.1. The lowest BCUT2D eigenvalue weighted by Gasteiger charge is -2.25. The van der Waals surface area contributed by atoms with E-state index in [1.165, 1.54) is 154 Å². The van der Waals surface area contributed by atoms with Gasteiger partial charge in [-0.25, -0.2) is 0 Å². The van der Waals surface area contributed by atoms with Crippen LogP contribution >= 0.6 is 0 Å². The van der Waals surface area contributed by atoms with Gasteiger partial charge in [-0.3, -0.25) is 9.59 Å². The lowest BCUT2D eigenvalue weighted by Crippen LogP contribution is -2.46. The summed E-state index contributed by atoms with van der Waals surface area (Å²) >= 11 is 0. The molecule has 268 valence electrons. The van der Waals surface area contributed by atoms with Crippen molar-refractivity contribution in [3.8, 4) is 0 Å². The van der Waals surface area contributed by atoms with E-state index in [2.05, 4.69) is 20.8 Å². The van der Waals surface area contributed by atoms with E-state index in [4.69, 9.17) is 0 Å². The molecule has 0 atom stereocenters. The minimum atomic E-state index is -1.73. The van der Waals surface area contributed by atoms with Crippen LogP contribution in [-0.2, 0) is 9.59 Å². The van der Waals surface area contributed by atoms with Crippen LogP contribution in [0, 0.1) is 0 Å². The molecular weight excluding hydrogens is 552 g/mol. The quantitative estimate of drug-likeness (QED) is 0.0543. The summed E-state index contributed by atoms with van der Waals surface area (Å²) in [4.78, 5) is 26.2. The van der Waals surface area contributed by atoms with Crippen molar-refractivity contribution in [1.29, 1.82) is 0 Å². The van der Waals surface area contributed by atoms with Crippen molar-refractivity contribution in [2.45, 2.75) is 258 Å². The molecule has 1 N–H and O–H groups in total. The summed E-state index contributed by atoms with van der Waals surface area (Å²) in [5, 5.41) is 11.3. The second-order valence-corrected chi connectivity index (χ2v) is 14.6. The van der Waals surface area contributed by atoms with Gasteiger partial charge in [0.2, 0.25) is 0 Å². The number of hydrogen-bond donors (Lipinski definition) is 1. The summed E-state index contributed by atoms with van der Waals surface area (Å²) in [6.07, 6.45) is 42.5. The minimum absolute atomic E-state index is 0.209. The van der Waals surface area contributed by atoms with Crippen LogP contribution in [-0.4, -0.2) is 22.3 Å². The van der Waals surface area contributed by atoms with E-state index >= 15 is 0 Å². The van der Waals surface area contributed by atoms with Crippen LogP contribution in [0.4, 0.5) is 0 Å². The topological polar surface area (TPSA) is 54.4 Å². The van der Waals surface area contributed by atoms with Crippen LogP contribution in [0.5, 0.6) is 0 Å². The van der Waals surface area contributed by atoms with Gasteiger partial charge in [-0.2, -0.15) is 0 Å². The summed E-state index contributed by atoms with van der Waals surface area (Å²) in [5.74, 6) is -0.418. The molecule has 0 amide bonds. The van der Waals surface area contributed by atoms with Gasteiger partial charge in [-0.1, -0.05) is 213 Å². The van der Waals surface area contributed by atoms with E-state index in [-0.39, 0.29) is 11.6 Å². The first-order valence-electron chi connectivity index (χ1n) is 20.8. The van der Waals surface area contributed by atoms with Gasteiger partial charge in [0, 0.05) is 12.8 Å². The molecule has 0 bridgehead atoms. The van der Waals surface area contributed by atoms with E-state index in [9.17, 15) is 14.7 Å². The number of hydrogen-bond acceptors (Lipinski definition) is 3. The van der Waals surface area contributed by atoms with Crippen LogP contribution in [0.25, 0.3) is 0 Å². The lowest BCUT2D eigenvalue weighted by atomic mass is 9.83. The number of ketones is 2. The van der Waals surface area contributed by atoms with Crippen LogP contribution in [0.1, 0.15) is 252 Å². The zero-order valence-electron chi connectivity index (χ0n) is 31.2. The Hall–Kier alpha value is -0.700. The Kier molecular flexibility index (Phi) is 34.1. The van der Waals surface area contributed by atoms with Crippen molar-refractivity contribution in [1.82, 2.24) is 0 Å². The highest BCUT2D eigenvalue weighted by molar-refractivity contribution is 6.10. The SMILES string of the molecule is CCCCCCCCCCCCCCCCCC(=O)C(O)(CCCCC)C(=O)CCCCCCCCCCCCCCCCC. The molecule has 0 aromatic rings. The average molecular weight is 635 g/mol. The van der Waals surface area contributed by atoms with Crippen LogP contribution in [0.2, 0.25) is 0 Å². The third-order valence-electron chi connectivity index (χ3n) is 10.1. The predicted molar refractivity (Wildman–Crippen MR) is 198 cm³/mol. The zero-order valence-corrected chi connectivity index (χ0v) is 31.2. The Morgan fingerprint density at radius 2 is 0.533 bits per heavy atom.